The van der Waals surface area contributed by atoms with E-state index in [9.17, 15) is 9.59 Å². The summed E-state index contributed by atoms with van der Waals surface area (Å²) < 4.78 is 4.92. The van der Waals surface area contributed by atoms with E-state index in [2.05, 4.69) is 0 Å². The second kappa shape index (κ2) is 3.25. The monoisotopic (exact) mass is 190 g/mol. The SMILES string of the molecule is CC(=O)O[C@H]1Cc2ccccc2C1=O. The Hall–Kier alpha value is -1.64. The fourth-order valence-electron chi connectivity index (χ4n) is 1.70. The molecule has 3 heteroatoms. The van der Waals surface area contributed by atoms with Crippen molar-refractivity contribution in [3.63, 3.8) is 0 Å². The molecule has 0 fully saturated rings. The average molecular weight is 190 g/mol. The number of ether oxygens (including phenoxy) is 1. The minimum atomic E-state index is -0.607. The van der Waals surface area contributed by atoms with Gasteiger partial charge in [0.2, 0.25) is 5.78 Å². The van der Waals surface area contributed by atoms with Crippen LogP contribution in [0.15, 0.2) is 24.3 Å². The van der Waals surface area contributed by atoms with Crippen LogP contribution in [0.3, 0.4) is 0 Å². The van der Waals surface area contributed by atoms with Crippen LogP contribution < -0.4 is 0 Å². The zero-order chi connectivity index (χ0) is 10.1. The molecule has 1 aromatic carbocycles. The van der Waals surface area contributed by atoms with Gasteiger partial charge in [-0.15, -0.1) is 0 Å². The third-order valence-corrected chi connectivity index (χ3v) is 2.29. The van der Waals surface area contributed by atoms with Crippen molar-refractivity contribution in [3.8, 4) is 0 Å². The largest absolute Gasteiger partial charge is 0.454 e. The van der Waals surface area contributed by atoms with Gasteiger partial charge in [0.05, 0.1) is 0 Å². The number of carbonyl (C=O) groups excluding carboxylic acids is 2. The van der Waals surface area contributed by atoms with Gasteiger partial charge in [-0.05, 0) is 5.56 Å². The number of ketones is 1. The van der Waals surface area contributed by atoms with Gasteiger partial charge in [-0.25, -0.2) is 0 Å². The number of fused-ring (bicyclic) bond motifs is 1. The highest BCUT2D eigenvalue weighted by Gasteiger charge is 2.32. The highest BCUT2D eigenvalue weighted by atomic mass is 16.5. The van der Waals surface area contributed by atoms with Crippen LogP contribution in [0.1, 0.15) is 22.8 Å². The number of benzene rings is 1. The zero-order valence-corrected chi connectivity index (χ0v) is 7.82. The first-order chi connectivity index (χ1) is 6.68. The van der Waals surface area contributed by atoms with Crippen molar-refractivity contribution < 1.29 is 14.3 Å². The van der Waals surface area contributed by atoms with Crippen molar-refractivity contribution in [2.45, 2.75) is 19.4 Å². The highest BCUT2D eigenvalue weighted by Crippen LogP contribution is 2.23. The van der Waals surface area contributed by atoms with E-state index >= 15 is 0 Å². The van der Waals surface area contributed by atoms with E-state index in [0.29, 0.717) is 12.0 Å². The van der Waals surface area contributed by atoms with Crippen LogP contribution in [0.5, 0.6) is 0 Å². The quantitative estimate of drug-likeness (QED) is 0.628. The fourth-order valence-corrected chi connectivity index (χ4v) is 1.70. The van der Waals surface area contributed by atoms with E-state index in [-0.39, 0.29) is 5.78 Å². The van der Waals surface area contributed by atoms with Crippen molar-refractivity contribution in [2.24, 2.45) is 0 Å². The molecule has 0 saturated heterocycles. The lowest BCUT2D eigenvalue weighted by molar-refractivity contribution is -0.144. The molecule has 0 N–H and O–H groups in total. The standard InChI is InChI=1S/C11H10O3/c1-7(12)14-10-6-8-4-2-3-5-9(8)11(10)13/h2-5,10H,6H2,1H3/t10-/m0/s1. The summed E-state index contributed by atoms with van der Waals surface area (Å²) in [4.78, 5) is 22.4. The number of rotatable bonds is 1. The lowest BCUT2D eigenvalue weighted by Gasteiger charge is -2.06. The second-order valence-electron chi connectivity index (χ2n) is 3.32. The van der Waals surface area contributed by atoms with E-state index in [1.54, 1.807) is 6.07 Å². The van der Waals surface area contributed by atoms with Crippen LogP contribution in [-0.2, 0) is 16.0 Å². The molecule has 0 bridgehead atoms. The zero-order valence-electron chi connectivity index (χ0n) is 7.82. The highest BCUT2D eigenvalue weighted by molar-refractivity contribution is 6.04. The molecular formula is C11H10O3. The smallest absolute Gasteiger partial charge is 0.303 e. The first kappa shape index (κ1) is 8.94. The van der Waals surface area contributed by atoms with E-state index in [1.165, 1.54) is 6.92 Å². The molecule has 1 aromatic rings. The normalized spacial score (nSPS) is 19.2. The maximum atomic E-state index is 11.7. The third-order valence-electron chi connectivity index (χ3n) is 2.29. The van der Waals surface area contributed by atoms with Crippen LogP contribution >= 0.6 is 0 Å². The maximum Gasteiger partial charge on any atom is 0.303 e. The van der Waals surface area contributed by atoms with E-state index in [1.807, 2.05) is 18.2 Å². The molecule has 0 spiro atoms. The summed E-state index contributed by atoms with van der Waals surface area (Å²) in [5, 5.41) is 0. The Morgan fingerprint density at radius 2 is 2.14 bits per heavy atom. The second-order valence-corrected chi connectivity index (χ2v) is 3.32. The molecule has 14 heavy (non-hydrogen) atoms. The summed E-state index contributed by atoms with van der Waals surface area (Å²) >= 11 is 0. The summed E-state index contributed by atoms with van der Waals surface area (Å²) in [5.41, 5.74) is 1.64. The Balaban J connectivity index is 2.26. The Morgan fingerprint density at radius 3 is 2.79 bits per heavy atom. The molecule has 3 nitrogen and oxygen atoms in total. The van der Waals surface area contributed by atoms with Crippen LogP contribution in [-0.4, -0.2) is 17.9 Å². The molecule has 2 rings (SSSR count). The molecular weight excluding hydrogens is 180 g/mol. The topological polar surface area (TPSA) is 43.4 Å². The number of carbonyl (C=O) groups is 2. The Kier molecular flexibility index (Phi) is 2.08. The molecule has 0 saturated carbocycles. The number of hydrogen-bond acceptors (Lipinski definition) is 3. The lowest BCUT2D eigenvalue weighted by atomic mass is 10.1. The summed E-state index contributed by atoms with van der Waals surface area (Å²) in [7, 11) is 0. The summed E-state index contributed by atoms with van der Waals surface area (Å²) in [6.07, 6.45) is -0.0981. The molecule has 0 radical (unpaired) electrons. The summed E-state index contributed by atoms with van der Waals surface area (Å²) in [5.74, 6) is -0.494. The Morgan fingerprint density at radius 1 is 1.43 bits per heavy atom. The predicted octanol–water partition coefficient (Wildman–Crippen LogP) is 1.36. The Labute approximate surface area is 81.7 Å². The number of Topliss-reactive ketones (excluding diaryl/α,β-unsaturated/α-hetero) is 1. The third kappa shape index (κ3) is 1.41. The fraction of sp³-hybridized carbons (Fsp3) is 0.273. The first-order valence-electron chi connectivity index (χ1n) is 4.48. The summed E-state index contributed by atoms with van der Waals surface area (Å²) in [6.45, 7) is 1.32. The number of esters is 1. The van der Waals surface area contributed by atoms with Gasteiger partial charge in [0.15, 0.2) is 6.10 Å². The van der Waals surface area contributed by atoms with Gasteiger partial charge in [-0.1, -0.05) is 24.3 Å². The van der Waals surface area contributed by atoms with Crippen LogP contribution in [0, 0.1) is 0 Å². The van der Waals surface area contributed by atoms with Gasteiger partial charge in [0.1, 0.15) is 0 Å². The predicted molar refractivity (Wildman–Crippen MR) is 50.0 cm³/mol. The van der Waals surface area contributed by atoms with Crippen molar-refractivity contribution >= 4 is 11.8 Å². The van der Waals surface area contributed by atoms with Gasteiger partial charge in [0, 0.05) is 18.9 Å². The van der Waals surface area contributed by atoms with E-state index < -0.39 is 12.1 Å². The van der Waals surface area contributed by atoms with Crippen molar-refractivity contribution in [1.82, 2.24) is 0 Å². The first-order valence-corrected chi connectivity index (χ1v) is 4.48. The molecule has 1 atom stereocenters. The molecule has 72 valence electrons. The van der Waals surface area contributed by atoms with E-state index in [0.717, 1.165) is 5.56 Å². The molecule has 1 aliphatic rings. The van der Waals surface area contributed by atoms with Crippen molar-refractivity contribution in [2.75, 3.05) is 0 Å². The summed E-state index contributed by atoms with van der Waals surface area (Å²) in [6, 6.07) is 7.34. The van der Waals surface area contributed by atoms with Gasteiger partial charge in [0.25, 0.3) is 0 Å². The molecule has 0 heterocycles. The van der Waals surface area contributed by atoms with E-state index in [4.69, 9.17) is 4.74 Å². The van der Waals surface area contributed by atoms with Crippen LogP contribution in [0.4, 0.5) is 0 Å². The maximum absolute atomic E-state index is 11.7. The average Bonchev–Trinajstić information content (AvgIpc) is 2.44. The lowest BCUT2D eigenvalue weighted by Crippen LogP contribution is -2.22. The minimum absolute atomic E-state index is 0.0872. The van der Waals surface area contributed by atoms with Gasteiger partial charge in [-0.3, -0.25) is 9.59 Å². The molecule has 0 aliphatic heterocycles. The van der Waals surface area contributed by atoms with Gasteiger partial charge < -0.3 is 4.74 Å². The van der Waals surface area contributed by atoms with Gasteiger partial charge >= 0.3 is 5.97 Å². The van der Waals surface area contributed by atoms with Crippen LogP contribution in [0.25, 0.3) is 0 Å². The van der Waals surface area contributed by atoms with Gasteiger partial charge in [-0.2, -0.15) is 0 Å². The number of hydrogen-bond donors (Lipinski definition) is 0. The van der Waals surface area contributed by atoms with Crippen LogP contribution in [0.2, 0.25) is 0 Å². The molecule has 0 aromatic heterocycles. The molecule has 0 unspecified atom stereocenters. The molecule has 1 aliphatic carbocycles. The van der Waals surface area contributed by atoms with Crippen molar-refractivity contribution in [3.05, 3.63) is 35.4 Å². The van der Waals surface area contributed by atoms with Crippen molar-refractivity contribution in [1.29, 1.82) is 0 Å². The Bertz CT molecular complexity index is 395. The minimum Gasteiger partial charge on any atom is -0.454 e. The molecule has 0 amide bonds.